The van der Waals surface area contributed by atoms with Crippen LogP contribution in [0, 0.1) is 0 Å². The van der Waals surface area contributed by atoms with Gasteiger partial charge in [-0.15, -0.1) is 0 Å². The van der Waals surface area contributed by atoms with Crippen molar-refractivity contribution in [2.24, 2.45) is 0 Å². The van der Waals surface area contributed by atoms with Gasteiger partial charge in [0.05, 0.1) is 0 Å². The second kappa shape index (κ2) is 53.7. The van der Waals surface area contributed by atoms with Crippen LogP contribution in [0.2, 0.25) is 0 Å². The van der Waals surface area contributed by atoms with Crippen molar-refractivity contribution in [1.82, 2.24) is 0 Å². The zero-order valence-corrected chi connectivity index (χ0v) is 43.0. The molecule has 0 bridgehead atoms. The summed E-state index contributed by atoms with van der Waals surface area (Å²) in [4.78, 5) is 37.8. The highest BCUT2D eigenvalue weighted by Crippen LogP contribution is 2.16. The van der Waals surface area contributed by atoms with Crippen molar-refractivity contribution in [3.8, 4) is 0 Å². The molecular formula is C59H104O6. The summed E-state index contributed by atoms with van der Waals surface area (Å²) in [5, 5.41) is 0. The van der Waals surface area contributed by atoms with Crippen molar-refractivity contribution in [1.29, 1.82) is 0 Å². The summed E-state index contributed by atoms with van der Waals surface area (Å²) in [6.07, 6.45) is 66.6. The average Bonchev–Trinajstić information content (AvgIpc) is 3.30. The summed E-state index contributed by atoms with van der Waals surface area (Å²) in [6, 6.07) is 0. The summed E-state index contributed by atoms with van der Waals surface area (Å²) >= 11 is 0. The highest BCUT2D eigenvalue weighted by atomic mass is 16.6. The maximum absolute atomic E-state index is 12.7. The van der Waals surface area contributed by atoms with Gasteiger partial charge in [-0.3, -0.25) is 14.4 Å². The molecule has 0 aliphatic rings. The maximum Gasteiger partial charge on any atom is 0.306 e. The molecule has 6 heteroatoms. The van der Waals surface area contributed by atoms with Crippen LogP contribution in [0.4, 0.5) is 0 Å². The van der Waals surface area contributed by atoms with E-state index in [1.807, 2.05) is 0 Å². The summed E-state index contributed by atoms with van der Waals surface area (Å²) in [5.74, 6) is -0.869. The summed E-state index contributed by atoms with van der Waals surface area (Å²) < 4.78 is 16.7. The van der Waals surface area contributed by atoms with Crippen LogP contribution in [0.25, 0.3) is 0 Å². The van der Waals surface area contributed by atoms with Crippen molar-refractivity contribution < 1.29 is 28.6 Å². The number of hydrogen-bond donors (Lipinski definition) is 0. The molecule has 0 aromatic rings. The molecule has 0 aliphatic carbocycles. The fourth-order valence-electron chi connectivity index (χ4n) is 7.88. The number of rotatable bonds is 50. The number of unbranched alkanes of at least 4 members (excludes halogenated alkanes) is 29. The molecule has 0 aromatic heterocycles. The fraction of sp³-hybridized carbons (Fsp3) is 0.780. The molecule has 0 radical (unpaired) electrons. The zero-order chi connectivity index (χ0) is 47.2. The van der Waals surface area contributed by atoms with E-state index in [0.29, 0.717) is 19.3 Å². The van der Waals surface area contributed by atoms with E-state index in [0.717, 1.165) is 89.9 Å². The SMILES string of the molecule is CC/C=C\C/C=C\C/C=C\C/C=C\C/C=C\CCCCCCCCCCCCCCCC(=O)OCC(COC(=O)CCCCCCCCCCC)OC(=O)CCCCCCCCCCC. The van der Waals surface area contributed by atoms with E-state index >= 15 is 0 Å². The number of ether oxygens (including phenoxy) is 3. The van der Waals surface area contributed by atoms with E-state index in [1.54, 1.807) is 0 Å². The highest BCUT2D eigenvalue weighted by Gasteiger charge is 2.19. The lowest BCUT2D eigenvalue weighted by atomic mass is 10.0. The molecule has 0 aliphatic heterocycles. The number of carbonyl (C=O) groups excluding carboxylic acids is 3. The lowest BCUT2D eigenvalue weighted by Crippen LogP contribution is -2.30. The summed E-state index contributed by atoms with van der Waals surface area (Å²) in [5.41, 5.74) is 0. The standard InChI is InChI=1S/C59H104O6/c1-4-7-10-13-16-19-20-21-22-23-24-25-26-27-28-29-30-31-32-33-34-35-36-37-38-41-43-46-49-52-58(61)64-55-56(65-59(62)53-50-47-44-40-18-15-12-9-6-3)54-63-57(60)51-48-45-42-39-17-14-11-8-5-2/h7,10,16,19,21-22,24-25,27-28,56H,4-6,8-9,11-15,17-18,20,23,26,29-55H2,1-3H3/b10-7-,19-16-,22-21-,25-24-,28-27-. The number of carbonyl (C=O) groups is 3. The third-order valence-corrected chi connectivity index (χ3v) is 12.0. The van der Waals surface area contributed by atoms with E-state index in [4.69, 9.17) is 14.2 Å². The van der Waals surface area contributed by atoms with Crippen LogP contribution in [-0.4, -0.2) is 37.2 Å². The van der Waals surface area contributed by atoms with Crippen LogP contribution < -0.4 is 0 Å². The molecule has 6 nitrogen and oxygen atoms in total. The zero-order valence-electron chi connectivity index (χ0n) is 43.0. The Kier molecular flexibility index (Phi) is 51.3. The second-order valence-corrected chi connectivity index (χ2v) is 18.5. The third kappa shape index (κ3) is 51.9. The molecule has 0 aromatic carbocycles. The summed E-state index contributed by atoms with van der Waals surface area (Å²) in [6.45, 7) is 6.50. The van der Waals surface area contributed by atoms with Gasteiger partial charge in [-0.05, 0) is 64.2 Å². The first-order valence-corrected chi connectivity index (χ1v) is 27.8. The van der Waals surface area contributed by atoms with Crippen molar-refractivity contribution in [3.05, 3.63) is 60.8 Å². The number of esters is 3. The third-order valence-electron chi connectivity index (χ3n) is 12.0. The van der Waals surface area contributed by atoms with E-state index in [-0.39, 0.29) is 31.1 Å². The largest absolute Gasteiger partial charge is 0.462 e. The normalized spacial score (nSPS) is 12.5. The molecule has 0 N–H and O–H groups in total. The predicted molar refractivity (Wildman–Crippen MR) is 279 cm³/mol. The molecule has 0 fully saturated rings. The van der Waals surface area contributed by atoms with Gasteiger partial charge in [-0.25, -0.2) is 0 Å². The van der Waals surface area contributed by atoms with Crippen LogP contribution >= 0.6 is 0 Å². The van der Waals surface area contributed by atoms with Gasteiger partial charge < -0.3 is 14.2 Å². The van der Waals surface area contributed by atoms with Crippen LogP contribution in [0.3, 0.4) is 0 Å². The second-order valence-electron chi connectivity index (χ2n) is 18.5. The number of hydrogen-bond acceptors (Lipinski definition) is 6. The minimum Gasteiger partial charge on any atom is -0.462 e. The Labute approximate surface area is 402 Å². The molecule has 0 spiro atoms. The molecule has 0 amide bonds. The lowest BCUT2D eigenvalue weighted by molar-refractivity contribution is -0.167. The van der Waals surface area contributed by atoms with Crippen molar-refractivity contribution in [3.63, 3.8) is 0 Å². The first-order valence-electron chi connectivity index (χ1n) is 27.8. The Balaban J connectivity index is 4.05. The Morgan fingerprint density at radius 2 is 0.600 bits per heavy atom. The Bertz CT molecular complexity index is 1180. The minimum absolute atomic E-state index is 0.0700. The summed E-state index contributed by atoms with van der Waals surface area (Å²) in [7, 11) is 0. The molecule has 0 rings (SSSR count). The Morgan fingerprint density at radius 3 is 0.938 bits per heavy atom. The molecule has 376 valence electrons. The Hall–Kier alpha value is -2.89. The van der Waals surface area contributed by atoms with Crippen molar-refractivity contribution in [2.45, 2.75) is 284 Å². The van der Waals surface area contributed by atoms with Gasteiger partial charge in [0.1, 0.15) is 13.2 Å². The van der Waals surface area contributed by atoms with Crippen LogP contribution in [0.15, 0.2) is 60.8 Å². The van der Waals surface area contributed by atoms with E-state index < -0.39 is 6.10 Å². The van der Waals surface area contributed by atoms with Gasteiger partial charge >= 0.3 is 17.9 Å². The quantitative estimate of drug-likeness (QED) is 0.0262. The molecule has 0 heterocycles. The fourth-order valence-corrected chi connectivity index (χ4v) is 7.88. The van der Waals surface area contributed by atoms with E-state index in [9.17, 15) is 14.4 Å². The van der Waals surface area contributed by atoms with E-state index in [2.05, 4.69) is 81.5 Å². The van der Waals surface area contributed by atoms with Crippen molar-refractivity contribution in [2.75, 3.05) is 13.2 Å². The first kappa shape index (κ1) is 62.1. The van der Waals surface area contributed by atoms with Gasteiger partial charge in [0.25, 0.3) is 0 Å². The predicted octanol–water partition coefficient (Wildman–Crippen LogP) is 18.4. The number of allylic oxidation sites excluding steroid dienone is 10. The molecule has 65 heavy (non-hydrogen) atoms. The highest BCUT2D eigenvalue weighted by molar-refractivity contribution is 5.71. The van der Waals surface area contributed by atoms with Gasteiger partial charge in [-0.2, -0.15) is 0 Å². The smallest absolute Gasteiger partial charge is 0.306 e. The van der Waals surface area contributed by atoms with Gasteiger partial charge in [0.2, 0.25) is 0 Å². The average molecular weight is 909 g/mol. The molecular weight excluding hydrogens is 805 g/mol. The van der Waals surface area contributed by atoms with E-state index in [1.165, 1.54) is 148 Å². The monoisotopic (exact) mass is 909 g/mol. The minimum atomic E-state index is -0.766. The van der Waals surface area contributed by atoms with Gasteiger partial charge in [0, 0.05) is 19.3 Å². The van der Waals surface area contributed by atoms with Gasteiger partial charge in [-0.1, -0.05) is 255 Å². The van der Waals surface area contributed by atoms with Crippen LogP contribution in [0.5, 0.6) is 0 Å². The maximum atomic E-state index is 12.7. The molecule has 0 saturated heterocycles. The lowest BCUT2D eigenvalue weighted by Gasteiger charge is -2.18. The Morgan fingerprint density at radius 1 is 0.323 bits per heavy atom. The molecule has 0 saturated carbocycles. The van der Waals surface area contributed by atoms with Gasteiger partial charge in [0.15, 0.2) is 6.10 Å². The molecule has 1 unspecified atom stereocenters. The van der Waals surface area contributed by atoms with Crippen molar-refractivity contribution >= 4 is 17.9 Å². The molecule has 1 atom stereocenters. The van der Waals surface area contributed by atoms with Crippen LogP contribution in [-0.2, 0) is 28.6 Å². The topological polar surface area (TPSA) is 78.9 Å². The van der Waals surface area contributed by atoms with Crippen LogP contribution in [0.1, 0.15) is 278 Å². The first-order chi connectivity index (χ1) is 32.0.